The Kier molecular flexibility index (Phi) is 5.98. The van der Waals surface area contributed by atoms with Gasteiger partial charge in [0.15, 0.2) is 6.19 Å². The van der Waals surface area contributed by atoms with E-state index < -0.39 is 6.04 Å². The van der Waals surface area contributed by atoms with Gasteiger partial charge in [-0.25, -0.2) is 10.0 Å². The first-order valence-corrected chi connectivity index (χ1v) is 9.10. The lowest BCUT2D eigenvalue weighted by Gasteiger charge is -2.37. The molecule has 1 unspecified atom stereocenters. The lowest BCUT2D eigenvalue weighted by Crippen LogP contribution is -2.53. The van der Waals surface area contributed by atoms with Crippen LogP contribution in [0.1, 0.15) is 18.4 Å². The highest BCUT2D eigenvalue weighted by Crippen LogP contribution is 2.19. The van der Waals surface area contributed by atoms with Gasteiger partial charge in [0.1, 0.15) is 6.04 Å². The van der Waals surface area contributed by atoms with Crippen LogP contribution < -0.4 is 5.32 Å². The maximum atomic E-state index is 13.2. The summed E-state index contributed by atoms with van der Waals surface area (Å²) in [6, 6.07) is 16.7. The molecule has 2 aromatic carbocycles. The van der Waals surface area contributed by atoms with Crippen molar-refractivity contribution in [1.82, 2.24) is 10.0 Å². The lowest BCUT2D eigenvalue weighted by atomic mass is 10.0. The second kappa shape index (κ2) is 8.59. The van der Waals surface area contributed by atoms with Gasteiger partial charge in [0.25, 0.3) is 5.91 Å². The molecule has 3 rings (SSSR count). The predicted octanol–water partition coefficient (Wildman–Crippen LogP) is 3.68. The van der Waals surface area contributed by atoms with Gasteiger partial charge >= 0.3 is 0 Å². The highest BCUT2D eigenvalue weighted by atomic mass is 35.5. The number of hydrogen-bond donors (Lipinski definition) is 1. The number of anilines is 1. The molecular formula is C20H21ClN4O. The Bertz CT molecular complexity index is 790. The zero-order valence-electron chi connectivity index (χ0n) is 14.4. The minimum atomic E-state index is -0.482. The van der Waals surface area contributed by atoms with Gasteiger partial charge in [0.2, 0.25) is 0 Å². The largest absolute Gasteiger partial charge is 0.373 e. The van der Waals surface area contributed by atoms with E-state index in [2.05, 4.69) is 11.5 Å². The maximum Gasteiger partial charge on any atom is 0.264 e. The molecule has 26 heavy (non-hydrogen) atoms. The van der Waals surface area contributed by atoms with Gasteiger partial charge in [0, 0.05) is 23.7 Å². The van der Waals surface area contributed by atoms with Crippen LogP contribution in [-0.4, -0.2) is 35.1 Å². The number of benzene rings is 2. The predicted molar refractivity (Wildman–Crippen MR) is 102 cm³/mol. The maximum absolute atomic E-state index is 13.2. The molecule has 1 saturated heterocycles. The Morgan fingerprint density at radius 1 is 1.15 bits per heavy atom. The third kappa shape index (κ3) is 4.47. The van der Waals surface area contributed by atoms with E-state index >= 15 is 0 Å². The summed E-state index contributed by atoms with van der Waals surface area (Å²) in [4.78, 5) is 13.2. The Labute approximate surface area is 158 Å². The molecule has 6 heteroatoms. The van der Waals surface area contributed by atoms with Crippen LogP contribution in [0.3, 0.4) is 0 Å². The van der Waals surface area contributed by atoms with E-state index in [1.807, 2.05) is 42.5 Å². The van der Waals surface area contributed by atoms with Gasteiger partial charge in [-0.3, -0.25) is 4.79 Å². The van der Waals surface area contributed by atoms with Crippen molar-refractivity contribution in [2.75, 3.05) is 18.4 Å². The van der Waals surface area contributed by atoms with Crippen molar-refractivity contribution in [3.63, 3.8) is 0 Å². The fourth-order valence-electron chi connectivity index (χ4n) is 3.11. The smallest absolute Gasteiger partial charge is 0.264 e. The summed E-state index contributed by atoms with van der Waals surface area (Å²) < 4.78 is 0. The van der Waals surface area contributed by atoms with Crippen molar-refractivity contribution in [1.29, 1.82) is 5.26 Å². The number of rotatable bonds is 5. The van der Waals surface area contributed by atoms with Crippen LogP contribution in [0.4, 0.5) is 5.69 Å². The third-order valence-electron chi connectivity index (χ3n) is 4.40. The summed E-state index contributed by atoms with van der Waals surface area (Å²) in [5.41, 5.74) is 1.84. The van der Waals surface area contributed by atoms with E-state index in [0.717, 1.165) is 24.1 Å². The van der Waals surface area contributed by atoms with Gasteiger partial charge < -0.3 is 5.32 Å². The first-order chi connectivity index (χ1) is 12.7. The SMILES string of the molecule is N#CN1CCCCN1C(=O)C(Cc1ccccc1)Nc1cccc(Cl)c1. The van der Waals surface area contributed by atoms with Crippen LogP contribution in [0, 0.1) is 11.5 Å². The highest BCUT2D eigenvalue weighted by Gasteiger charge is 2.30. The van der Waals surface area contributed by atoms with Crippen molar-refractivity contribution in [3.05, 3.63) is 65.2 Å². The average molecular weight is 369 g/mol. The summed E-state index contributed by atoms with van der Waals surface area (Å²) in [5, 5.41) is 16.3. The molecule has 134 valence electrons. The monoisotopic (exact) mass is 368 g/mol. The summed E-state index contributed by atoms with van der Waals surface area (Å²) >= 11 is 6.08. The lowest BCUT2D eigenvalue weighted by molar-refractivity contribution is -0.147. The number of carbonyl (C=O) groups is 1. The molecule has 1 aliphatic heterocycles. The molecule has 1 heterocycles. The molecule has 0 spiro atoms. The van der Waals surface area contributed by atoms with Gasteiger partial charge in [-0.15, -0.1) is 0 Å². The minimum absolute atomic E-state index is 0.102. The Morgan fingerprint density at radius 2 is 1.92 bits per heavy atom. The minimum Gasteiger partial charge on any atom is -0.373 e. The molecule has 2 aromatic rings. The molecule has 0 radical (unpaired) electrons. The van der Waals surface area contributed by atoms with Crippen LogP contribution in [0.5, 0.6) is 0 Å². The quantitative estimate of drug-likeness (QED) is 0.818. The highest BCUT2D eigenvalue weighted by molar-refractivity contribution is 6.30. The first kappa shape index (κ1) is 18.1. The van der Waals surface area contributed by atoms with Gasteiger partial charge in [-0.2, -0.15) is 5.26 Å². The molecule has 1 aliphatic rings. The molecule has 1 atom stereocenters. The van der Waals surface area contributed by atoms with Crippen molar-refractivity contribution in [2.24, 2.45) is 0 Å². The summed E-state index contributed by atoms with van der Waals surface area (Å²) in [6.45, 7) is 1.15. The number of hydrogen-bond acceptors (Lipinski definition) is 4. The molecule has 5 nitrogen and oxygen atoms in total. The second-order valence-electron chi connectivity index (χ2n) is 6.29. The molecule has 0 aliphatic carbocycles. The van der Waals surface area contributed by atoms with Crippen LogP contribution in [0.2, 0.25) is 5.02 Å². The zero-order chi connectivity index (χ0) is 18.4. The van der Waals surface area contributed by atoms with Crippen molar-refractivity contribution < 1.29 is 4.79 Å². The Hall–Kier alpha value is -2.71. The summed E-state index contributed by atoms with van der Waals surface area (Å²) in [5.74, 6) is -0.102. The average Bonchev–Trinajstić information content (AvgIpc) is 2.68. The molecular weight excluding hydrogens is 348 g/mol. The van der Waals surface area contributed by atoms with Gasteiger partial charge in [-0.05, 0) is 36.6 Å². The molecule has 1 amide bonds. The van der Waals surface area contributed by atoms with E-state index in [4.69, 9.17) is 11.6 Å². The van der Waals surface area contributed by atoms with Gasteiger partial charge in [0.05, 0.1) is 6.54 Å². The number of amides is 1. The number of hydrazine groups is 1. The van der Waals surface area contributed by atoms with Gasteiger partial charge in [-0.1, -0.05) is 48.0 Å². The van der Waals surface area contributed by atoms with Crippen LogP contribution in [-0.2, 0) is 11.2 Å². The van der Waals surface area contributed by atoms with Crippen LogP contribution >= 0.6 is 11.6 Å². The molecule has 0 bridgehead atoms. The van der Waals surface area contributed by atoms with Crippen LogP contribution in [0.25, 0.3) is 0 Å². The zero-order valence-corrected chi connectivity index (χ0v) is 15.2. The van der Waals surface area contributed by atoms with Crippen molar-refractivity contribution in [3.8, 4) is 6.19 Å². The summed E-state index contributed by atoms with van der Waals surface area (Å²) in [7, 11) is 0. The molecule has 0 aromatic heterocycles. The van der Waals surface area contributed by atoms with Crippen molar-refractivity contribution >= 4 is 23.2 Å². The Morgan fingerprint density at radius 3 is 2.65 bits per heavy atom. The van der Waals surface area contributed by atoms with Crippen LogP contribution in [0.15, 0.2) is 54.6 Å². The number of carbonyl (C=O) groups excluding carboxylic acids is 1. The first-order valence-electron chi connectivity index (χ1n) is 8.72. The van der Waals surface area contributed by atoms with E-state index in [1.165, 1.54) is 5.01 Å². The summed E-state index contributed by atoms with van der Waals surface area (Å²) in [6.07, 6.45) is 4.47. The molecule has 1 N–H and O–H groups in total. The topological polar surface area (TPSA) is 59.4 Å². The van der Waals surface area contributed by atoms with Crippen molar-refractivity contribution in [2.45, 2.75) is 25.3 Å². The number of nitrogens with zero attached hydrogens (tertiary/aromatic N) is 3. The number of nitriles is 1. The van der Waals surface area contributed by atoms with E-state index in [-0.39, 0.29) is 5.91 Å². The standard InChI is InChI=1S/C20H21ClN4O/c21-17-9-6-10-18(14-17)23-19(13-16-7-2-1-3-8-16)20(26)25-12-5-4-11-24(25)15-22/h1-3,6-10,14,19,23H,4-5,11-13H2. The normalized spacial score (nSPS) is 15.2. The molecule has 1 fully saturated rings. The van der Waals surface area contributed by atoms with E-state index in [9.17, 15) is 10.1 Å². The fraction of sp³-hybridized carbons (Fsp3) is 0.300. The number of nitrogens with one attached hydrogen (secondary N) is 1. The van der Waals surface area contributed by atoms with E-state index in [0.29, 0.717) is 24.5 Å². The fourth-order valence-corrected chi connectivity index (χ4v) is 3.30. The number of halogens is 1. The second-order valence-corrected chi connectivity index (χ2v) is 6.73. The molecule has 0 saturated carbocycles. The third-order valence-corrected chi connectivity index (χ3v) is 4.63. The van der Waals surface area contributed by atoms with E-state index in [1.54, 1.807) is 17.1 Å². The Balaban J connectivity index is 1.84.